The number of aryl methyl sites for hydroxylation is 1. The van der Waals surface area contributed by atoms with Gasteiger partial charge in [-0.2, -0.15) is 0 Å². The minimum absolute atomic E-state index is 0.134. The van der Waals surface area contributed by atoms with Gasteiger partial charge in [0.2, 0.25) is 0 Å². The van der Waals surface area contributed by atoms with E-state index in [9.17, 15) is 8.42 Å². The van der Waals surface area contributed by atoms with Crippen LogP contribution in [0.2, 0.25) is 0 Å². The van der Waals surface area contributed by atoms with Crippen LogP contribution in [0.3, 0.4) is 0 Å². The van der Waals surface area contributed by atoms with Gasteiger partial charge in [-0.3, -0.25) is 4.84 Å². The van der Waals surface area contributed by atoms with Crippen LogP contribution < -0.4 is 4.89 Å². The normalized spacial score (nSPS) is 11.6. The molecule has 0 aliphatic rings. The fraction of sp³-hybridized carbons (Fsp3) is 0.333. The van der Waals surface area contributed by atoms with E-state index in [1.807, 2.05) is 11.8 Å². The van der Waals surface area contributed by atoms with E-state index >= 15 is 0 Å². The molecule has 0 spiro atoms. The van der Waals surface area contributed by atoms with Crippen molar-refractivity contribution < 1.29 is 18.0 Å². The molecule has 0 atom stereocenters. The summed E-state index contributed by atoms with van der Waals surface area (Å²) in [4.78, 5) is 6.67. The van der Waals surface area contributed by atoms with E-state index in [0.29, 0.717) is 0 Å². The molecule has 0 bridgehead atoms. The van der Waals surface area contributed by atoms with E-state index in [1.54, 1.807) is 12.1 Å². The van der Waals surface area contributed by atoms with Crippen LogP contribution in [-0.4, -0.2) is 22.3 Å². The lowest BCUT2D eigenvalue weighted by atomic mass is 10.2. The molecule has 0 unspecified atom stereocenters. The highest BCUT2D eigenvalue weighted by molar-refractivity contribution is 7.89. The SMILES string of the molecule is COCONS(=O)(=O)c1ccc(C)cc1. The van der Waals surface area contributed by atoms with Gasteiger partial charge in [0.05, 0.1) is 4.90 Å². The van der Waals surface area contributed by atoms with E-state index in [2.05, 4.69) is 9.57 Å². The van der Waals surface area contributed by atoms with Gasteiger partial charge in [-0.05, 0) is 19.1 Å². The van der Waals surface area contributed by atoms with Gasteiger partial charge in [-0.1, -0.05) is 22.6 Å². The zero-order valence-corrected chi connectivity index (χ0v) is 9.37. The molecule has 84 valence electrons. The Morgan fingerprint density at radius 2 is 1.87 bits per heavy atom. The summed E-state index contributed by atoms with van der Waals surface area (Å²) in [6.07, 6.45) is 0. The first-order valence-corrected chi connectivity index (χ1v) is 5.74. The molecule has 1 aromatic carbocycles. The second kappa shape index (κ2) is 5.22. The maximum Gasteiger partial charge on any atom is 0.262 e. The van der Waals surface area contributed by atoms with Crippen molar-refractivity contribution in [3.8, 4) is 0 Å². The van der Waals surface area contributed by atoms with Gasteiger partial charge in [0.1, 0.15) is 0 Å². The van der Waals surface area contributed by atoms with Crippen molar-refractivity contribution in [2.75, 3.05) is 13.9 Å². The number of ether oxygens (including phenoxy) is 1. The number of rotatable bonds is 5. The third kappa shape index (κ3) is 3.60. The van der Waals surface area contributed by atoms with Gasteiger partial charge in [0.15, 0.2) is 6.79 Å². The molecule has 0 amide bonds. The summed E-state index contributed by atoms with van der Waals surface area (Å²) in [7, 11) is -2.20. The molecular weight excluding hydrogens is 218 g/mol. The van der Waals surface area contributed by atoms with E-state index in [4.69, 9.17) is 0 Å². The molecule has 0 fully saturated rings. The first-order chi connectivity index (χ1) is 7.06. The molecule has 15 heavy (non-hydrogen) atoms. The smallest absolute Gasteiger partial charge is 0.262 e. The van der Waals surface area contributed by atoms with Crippen molar-refractivity contribution in [3.05, 3.63) is 29.8 Å². The maximum atomic E-state index is 11.5. The van der Waals surface area contributed by atoms with Crippen LogP contribution in [0.5, 0.6) is 0 Å². The molecule has 0 saturated carbocycles. The summed E-state index contributed by atoms with van der Waals surface area (Å²) in [5, 5.41) is 0. The molecule has 1 N–H and O–H groups in total. The number of sulfonamides is 1. The Labute approximate surface area is 89.0 Å². The number of hydrogen-bond acceptors (Lipinski definition) is 4. The quantitative estimate of drug-likeness (QED) is 0.462. The Morgan fingerprint density at radius 3 is 2.40 bits per heavy atom. The summed E-state index contributed by atoms with van der Waals surface area (Å²) in [6, 6.07) is 6.44. The van der Waals surface area contributed by atoms with E-state index in [0.717, 1.165) is 5.56 Å². The summed E-state index contributed by atoms with van der Waals surface area (Å²) in [6.45, 7) is 1.75. The average Bonchev–Trinajstić information content (AvgIpc) is 2.18. The van der Waals surface area contributed by atoms with Crippen molar-refractivity contribution in [2.24, 2.45) is 0 Å². The largest absolute Gasteiger partial charge is 0.357 e. The van der Waals surface area contributed by atoms with Crippen molar-refractivity contribution >= 4 is 10.0 Å². The third-order valence-electron chi connectivity index (χ3n) is 1.68. The molecule has 1 aromatic rings. The fourth-order valence-corrected chi connectivity index (χ4v) is 1.72. The molecular formula is C9H13NO4S. The third-order valence-corrected chi connectivity index (χ3v) is 2.91. The summed E-state index contributed by atoms with van der Waals surface area (Å²) >= 11 is 0. The summed E-state index contributed by atoms with van der Waals surface area (Å²) in [5.74, 6) is 0. The van der Waals surface area contributed by atoms with Gasteiger partial charge in [-0.15, -0.1) is 0 Å². The Hall–Kier alpha value is -0.950. The molecule has 5 nitrogen and oxygen atoms in total. The standard InChI is InChI=1S/C9H13NO4S/c1-8-3-5-9(6-4-8)15(11,12)10-14-7-13-2/h3-6,10H,7H2,1-2H3. The molecule has 0 aliphatic carbocycles. The van der Waals surface area contributed by atoms with Crippen LogP contribution in [0.25, 0.3) is 0 Å². The van der Waals surface area contributed by atoms with Crippen molar-refractivity contribution in [3.63, 3.8) is 0 Å². The second-order valence-electron chi connectivity index (χ2n) is 2.95. The molecule has 0 radical (unpaired) electrons. The van der Waals surface area contributed by atoms with Gasteiger partial charge >= 0.3 is 0 Å². The lowest BCUT2D eigenvalue weighted by Gasteiger charge is -2.06. The Morgan fingerprint density at radius 1 is 1.27 bits per heavy atom. The lowest BCUT2D eigenvalue weighted by Crippen LogP contribution is -2.24. The van der Waals surface area contributed by atoms with Gasteiger partial charge in [0, 0.05) is 7.11 Å². The zero-order valence-electron chi connectivity index (χ0n) is 8.56. The van der Waals surface area contributed by atoms with Crippen LogP contribution in [-0.2, 0) is 19.6 Å². The highest BCUT2D eigenvalue weighted by Crippen LogP contribution is 2.09. The molecule has 0 aliphatic heterocycles. The van der Waals surface area contributed by atoms with Crippen molar-refractivity contribution in [2.45, 2.75) is 11.8 Å². The van der Waals surface area contributed by atoms with Crippen LogP contribution in [0.4, 0.5) is 0 Å². The Kier molecular flexibility index (Phi) is 4.22. The monoisotopic (exact) mass is 231 g/mol. The van der Waals surface area contributed by atoms with Crippen LogP contribution in [0.15, 0.2) is 29.2 Å². The predicted molar refractivity (Wildman–Crippen MR) is 54.5 cm³/mol. The maximum absolute atomic E-state index is 11.5. The van der Waals surface area contributed by atoms with Gasteiger partial charge < -0.3 is 4.74 Å². The van der Waals surface area contributed by atoms with Crippen LogP contribution in [0, 0.1) is 6.92 Å². The Bertz CT molecular complexity index is 399. The van der Waals surface area contributed by atoms with Gasteiger partial charge in [0.25, 0.3) is 10.0 Å². The van der Waals surface area contributed by atoms with E-state index in [1.165, 1.54) is 19.2 Å². The average molecular weight is 231 g/mol. The highest BCUT2D eigenvalue weighted by atomic mass is 32.2. The van der Waals surface area contributed by atoms with Gasteiger partial charge in [-0.25, -0.2) is 8.42 Å². The number of hydrogen-bond donors (Lipinski definition) is 1. The van der Waals surface area contributed by atoms with E-state index < -0.39 is 10.0 Å². The molecule has 6 heteroatoms. The molecule has 0 saturated heterocycles. The summed E-state index contributed by atoms with van der Waals surface area (Å²) < 4.78 is 27.6. The first-order valence-electron chi connectivity index (χ1n) is 4.25. The Balaban J connectivity index is 2.73. The minimum Gasteiger partial charge on any atom is -0.357 e. The van der Waals surface area contributed by atoms with Crippen molar-refractivity contribution in [1.82, 2.24) is 4.89 Å². The molecule has 0 aromatic heterocycles. The topological polar surface area (TPSA) is 64.6 Å². The zero-order chi connectivity index (χ0) is 11.3. The number of methoxy groups -OCH3 is 1. The van der Waals surface area contributed by atoms with Crippen molar-refractivity contribution in [1.29, 1.82) is 0 Å². The second-order valence-corrected chi connectivity index (χ2v) is 4.60. The summed E-state index contributed by atoms with van der Waals surface area (Å²) in [5.41, 5.74) is 0.992. The molecule has 0 heterocycles. The fourth-order valence-electron chi connectivity index (χ4n) is 0.926. The first kappa shape index (κ1) is 12.1. The number of benzene rings is 1. The van der Waals surface area contributed by atoms with Crippen LogP contribution in [0.1, 0.15) is 5.56 Å². The van der Waals surface area contributed by atoms with E-state index in [-0.39, 0.29) is 11.7 Å². The molecule has 1 rings (SSSR count). The predicted octanol–water partition coefficient (Wildman–Crippen LogP) is 0.809. The minimum atomic E-state index is -3.60. The lowest BCUT2D eigenvalue weighted by molar-refractivity contribution is -0.0540. The highest BCUT2D eigenvalue weighted by Gasteiger charge is 2.12. The van der Waals surface area contributed by atoms with Crippen LogP contribution >= 0.6 is 0 Å². The number of nitrogens with one attached hydrogen (secondary N) is 1.